The molecule has 0 heteroatoms. The van der Waals surface area contributed by atoms with Crippen LogP contribution in [0.5, 0.6) is 0 Å². The molecule has 0 nitrogen and oxygen atoms in total. The Hall–Kier alpha value is -2.34. The van der Waals surface area contributed by atoms with Crippen molar-refractivity contribution in [1.82, 2.24) is 0 Å². The fourth-order valence-corrected chi connectivity index (χ4v) is 8.74. The first-order valence-corrected chi connectivity index (χ1v) is 16.5. The fourth-order valence-electron chi connectivity index (χ4n) is 8.74. The van der Waals surface area contributed by atoms with Crippen LogP contribution in [-0.2, 0) is 10.8 Å². The lowest BCUT2D eigenvalue weighted by Crippen LogP contribution is -2.30. The van der Waals surface area contributed by atoms with Crippen LogP contribution < -0.4 is 0 Å². The third-order valence-corrected chi connectivity index (χ3v) is 11.4. The van der Waals surface area contributed by atoms with Crippen molar-refractivity contribution in [2.75, 3.05) is 0 Å². The van der Waals surface area contributed by atoms with E-state index in [1.165, 1.54) is 60.8 Å². The Morgan fingerprint density at radius 1 is 0.756 bits per heavy atom. The minimum atomic E-state index is 0.135. The number of benzene rings is 2. The molecule has 3 atom stereocenters. The van der Waals surface area contributed by atoms with Crippen LogP contribution in [0, 0.1) is 22.7 Å². The third kappa shape index (κ3) is 4.63. The van der Waals surface area contributed by atoms with Gasteiger partial charge in [-0.1, -0.05) is 135 Å². The number of allylic oxidation sites excluding steroid dienone is 6. The van der Waals surface area contributed by atoms with E-state index in [0.29, 0.717) is 11.8 Å². The van der Waals surface area contributed by atoms with E-state index in [1.807, 2.05) is 5.57 Å². The van der Waals surface area contributed by atoms with Crippen molar-refractivity contribution in [3.63, 3.8) is 0 Å². The summed E-state index contributed by atoms with van der Waals surface area (Å²) in [6.45, 7) is 23.9. The van der Waals surface area contributed by atoms with E-state index < -0.39 is 0 Å². The van der Waals surface area contributed by atoms with E-state index in [2.05, 4.69) is 124 Å². The molecule has 0 N–H and O–H groups in total. The summed E-state index contributed by atoms with van der Waals surface area (Å²) in [6.07, 6.45) is 15.2. The van der Waals surface area contributed by atoms with Crippen molar-refractivity contribution in [2.24, 2.45) is 22.7 Å². The van der Waals surface area contributed by atoms with Crippen molar-refractivity contribution in [2.45, 2.75) is 125 Å². The normalized spacial score (nSPS) is 26.3. The quantitative estimate of drug-likeness (QED) is 0.336. The van der Waals surface area contributed by atoms with Crippen molar-refractivity contribution >= 4 is 0 Å². The molecule has 0 bridgehead atoms. The van der Waals surface area contributed by atoms with Crippen LogP contribution in [0.15, 0.2) is 71.3 Å². The van der Waals surface area contributed by atoms with Gasteiger partial charge in [0, 0.05) is 11.3 Å². The van der Waals surface area contributed by atoms with Crippen molar-refractivity contribution < 1.29 is 0 Å². The highest BCUT2D eigenvalue weighted by Gasteiger charge is 2.55. The molecule has 0 saturated carbocycles. The maximum absolute atomic E-state index is 2.71. The van der Waals surface area contributed by atoms with Crippen LogP contribution in [0.1, 0.15) is 136 Å². The number of hydrogen-bond acceptors (Lipinski definition) is 0. The molecular formula is C41H54. The topological polar surface area (TPSA) is 0 Å². The first kappa shape index (κ1) is 28.8. The van der Waals surface area contributed by atoms with Gasteiger partial charge in [0.25, 0.3) is 0 Å². The molecule has 0 heterocycles. The van der Waals surface area contributed by atoms with Gasteiger partial charge < -0.3 is 0 Å². The summed E-state index contributed by atoms with van der Waals surface area (Å²) in [7, 11) is 0. The first-order valence-electron chi connectivity index (χ1n) is 16.5. The second-order valence-electron chi connectivity index (χ2n) is 16.9. The minimum Gasteiger partial charge on any atom is -0.0885 e. The van der Waals surface area contributed by atoms with Gasteiger partial charge in [0.15, 0.2) is 0 Å². The summed E-state index contributed by atoms with van der Waals surface area (Å²) in [5.74, 6) is 1.92. The molecule has 0 amide bonds. The molecule has 2 aromatic rings. The van der Waals surface area contributed by atoms with Gasteiger partial charge in [-0.2, -0.15) is 0 Å². The van der Waals surface area contributed by atoms with Gasteiger partial charge in [0.2, 0.25) is 0 Å². The predicted octanol–water partition coefficient (Wildman–Crippen LogP) is 11.8. The average molecular weight is 547 g/mol. The Morgan fingerprint density at radius 2 is 1.34 bits per heavy atom. The van der Waals surface area contributed by atoms with Gasteiger partial charge in [0.1, 0.15) is 0 Å². The Bertz CT molecular complexity index is 1390. The van der Waals surface area contributed by atoms with Crippen molar-refractivity contribution in [3.05, 3.63) is 93.6 Å². The highest BCUT2D eigenvalue weighted by molar-refractivity contribution is 5.81. The lowest BCUT2D eigenvalue weighted by Gasteiger charge is -2.40. The summed E-state index contributed by atoms with van der Waals surface area (Å²) >= 11 is 0. The summed E-state index contributed by atoms with van der Waals surface area (Å²) in [4.78, 5) is 0. The number of fused-ring (bicyclic) bond motifs is 3. The zero-order chi connectivity index (χ0) is 29.5. The SMILES string of the molecule is CCC1(C2c3ccc(C(C)(C)C)cc3-c3cc(C(C)(C)C)ccc32)CC(C2CC=CCC2)C2=C1C=C(C(C)(C)C)C2. The standard InChI is InChI=1S/C41H54/c1-11-41(25-35(26-15-13-12-14-16-26)34-23-29(24-36(34)41)40(8,9)10)37-30-19-17-27(38(2,3)4)21-32(30)33-22-28(39(5,6)7)18-20-31(33)37/h12-13,17-22,24,26,35,37H,11,14-16,23,25H2,1-10H3. The molecule has 0 radical (unpaired) electrons. The molecule has 0 aliphatic heterocycles. The van der Waals surface area contributed by atoms with Gasteiger partial charge in [-0.05, 0) is 106 Å². The zero-order valence-corrected chi connectivity index (χ0v) is 27.7. The van der Waals surface area contributed by atoms with E-state index in [9.17, 15) is 0 Å². The molecule has 0 fully saturated rings. The summed E-state index contributed by atoms with van der Waals surface area (Å²) in [5, 5.41) is 0. The number of rotatable bonds is 3. The lowest BCUT2D eigenvalue weighted by atomic mass is 9.62. The van der Waals surface area contributed by atoms with Gasteiger partial charge in [-0.3, -0.25) is 0 Å². The fraction of sp³-hybridized carbons (Fsp3) is 0.561. The molecule has 2 aromatic carbocycles. The first-order chi connectivity index (χ1) is 19.1. The summed E-state index contributed by atoms with van der Waals surface area (Å²) in [6, 6.07) is 15.1. The van der Waals surface area contributed by atoms with E-state index in [-0.39, 0.29) is 21.7 Å². The van der Waals surface area contributed by atoms with Crippen LogP contribution in [0.3, 0.4) is 0 Å². The van der Waals surface area contributed by atoms with Gasteiger partial charge in [0.05, 0.1) is 0 Å². The molecule has 0 spiro atoms. The van der Waals surface area contributed by atoms with E-state index in [4.69, 9.17) is 0 Å². The molecule has 41 heavy (non-hydrogen) atoms. The second-order valence-corrected chi connectivity index (χ2v) is 16.9. The van der Waals surface area contributed by atoms with Crippen molar-refractivity contribution in [3.8, 4) is 11.1 Å². The van der Waals surface area contributed by atoms with Gasteiger partial charge in [-0.15, -0.1) is 0 Å². The van der Waals surface area contributed by atoms with E-state index in [1.54, 1.807) is 22.3 Å². The van der Waals surface area contributed by atoms with Crippen LogP contribution in [0.25, 0.3) is 11.1 Å². The van der Waals surface area contributed by atoms with Crippen LogP contribution >= 0.6 is 0 Å². The van der Waals surface area contributed by atoms with Crippen molar-refractivity contribution in [1.29, 1.82) is 0 Å². The van der Waals surface area contributed by atoms with Crippen LogP contribution in [0.2, 0.25) is 0 Å². The summed E-state index contributed by atoms with van der Waals surface area (Å²) < 4.78 is 0. The van der Waals surface area contributed by atoms with Gasteiger partial charge in [-0.25, -0.2) is 0 Å². The monoisotopic (exact) mass is 546 g/mol. The molecule has 6 rings (SSSR count). The number of hydrogen-bond donors (Lipinski definition) is 0. The molecule has 4 aliphatic rings. The Morgan fingerprint density at radius 3 is 1.80 bits per heavy atom. The second kappa shape index (κ2) is 9.59. The molecule has 0 aromatic heterocycles. The molecule has 3 unspecified atom stereocenters. The van der Waals surface area contributed by atoms with Crippen LogP contribution in [0.4, 0.5) is 0 Å². The highest BCUT2D eigenvalue weighted by atomic mass is 14.6. The summed E-state index contributed by atoms with van der Waals surface area (Å²) in [5.41, 5.74) is 14.9. The zero-order valence-electron chi connectivity index (χ0n) is 27.7. The maximum atomic E-state index is 2.71. The van der Waals surface area contributed by atoms with E-state index >= 15 is 0 Å². The predicted molar refractivity (Wildman–Crippen MR) is 178 cm³/mol. The molecule has 218 valence electrons. The third-order valence-electron chi connectivity index (χ3n) is 11.4. The average Bonchev–Trinajstić information content (AvgIpc) is 3.57. The molecular weight excluding hydrogens is 492 g/mol. The van der Waals surface area contributed by atoms with Crippen LogP contribution in [-0.4, -0.2) is 0 Å². The molecule has 4 aliphatic carbocycles. The smallest absolute Gasteiger partial charge is 0.0199 e. The largest absolute Gasteiger partial charge is 0.0885 e. The Balaban J connectivity index is 1.57. The Labute approximate surface area is 251 Å². The highest BCUT2D eigenvalue weighted by Crippen LogP contribution is 2.67. The van der Waals surface area contributed by atoms with E-state index in [0.717, 1.165) is 5.92 Å². The Kier molecular flexibility index (Phi) is 6.73. The molecule has 0 saturated heterocycles. The van der Waals surface area contributed by atoms with Gasteiger partial charge >= 0.3 is 0 Å². The maximum Gasteiger partial charge on any atom is 0.0199 e. The minimum absolute atomic E-state index is 0.135. The lowest BCUT2D eigenvalue weighted by molar-refractivity contribution is 0.228.